The summed E-state index contributed by atoms with van der Waals surface area (Å²) in [6.07, 6.45) is 2.47. The van der Waals surface area contributed by atoms with Crippen molar-refractivity contribution in [1.29, 1.82) is 0 Å². The number of nitrogens with zero attached hydrogens (tertiary/aromatic N) is 2. The molecule has 14 heavy (non-hydrogen) atoms. The van der Waals surface area contributed by atoms with Gasteiger partial charge in [-0.3, -0.25) is 4.79 Å². The lowest BCUT2D eigenvalue weighted by Gasteiger charge is -2.27. The van der Waals surface area contributed by atoms with Crippen LogP contribution in [0.4, 0.5) is 4.79 Å². The number of likely N-dealkylation sites (tertiary alicyclic amines) is 1. The molecule has 80 valence electrons. The van der Waals surface area contributed by atoms with Crippen LogP contribution in [0.3, 0.4) is 0 Å². The Hall–Kier alpha value is -1.06. The molecular weight excluding hydrogens is 180 g/mol. The number of carbonyl (C=O) groups excluding carboxylic acids is 2. The van der Waals surface area contributed by atoms with Gasteiger partial charge in [0.05, 0.1) is 0 Å². The fourth-order valence-corrected chi connectivity index (χ4v) is 1.89. The van der Waals surface area contributed by atoms with Crippen molar-refractivity contribution in [3.05, 3.63) is 0 Å². The third-order valence-electron chi connectivity index (χ3n) is 2.53. The van der Waals surface area contributed by atoms with Crippen LogP contribution in [0.1, 0.15) is 26.2 Å². The zero-order valence-corrected chi connectivity index (χ0v) is 9.12. The molecule has 0 aliphatic carbocycles. The Morgan fingerprint density at radius 1 is 1.43 bits per heavy atom. The van der Waals surface area contributed by atoms with Crippen LogP contribution in [0.15, 0.2) is 0 Å². The molecule has 1 unspecified atom stereocenters. The Labute approximate surface area is 84.9 Å². The molecule has 0 spiro atoms. The van der Waals surface area contributed by atoms with Gasteiger partial charge >= 0.3 is 6.03 Å². The van der Waals surface area contributed by atoms with Gasteiger partial charge in [0.2, 0.25) is 0 Å². The van der Waals surface area contributed by atoms with E-state index in [1.54, 1.807) is 30.8 Å². The monoisotopic (exact) mass is 198 g/mol. The molecular formula is C10H18N2O2. The molecule has 2 amide bonds. The van der Waals surface area contributed by atoms with Crippen LogP contribution in [-0.4, -0.2) is 48.3 Å². The minimum atomic E-state index is 0.0220. The van der Waals surface area contributed by atoms with Gasteiger partial charge in [0.25, 0.3) is 0 Å². The number of carbonyl (C=O) groups is 2. The zero-order valence-electron chi connectivity index (χ0n) is 9.12. The highest BCUT2D eigenvalue weighted by molar-refractivity contribution is 5.79. The average molecular weight is 198 g/mol. The maximum absolute atomic E-state index is 11.7. The van der Waals surface area contributed by atoms with E-state index in [0.29, 0.717) is 6.42 Å². The van der Waals surface area contributed by atoms with Crippen LogP contribution < -0.4 is 0 Å². The molecule has 0 saturated carbocycles. The van der Waals surface area contributed by atoms with Crippen molar-refractivity contribution in [1.82, 2.24) is 9.80 Å². The molecule has 0 radical (unpaired) electrons. The van der Waals surface area contributed by atoms with Gasteiger partial charge in [-0.15, -0.1) is 0 Å². The lowest BCUT2D eigenvalue weighted by molar-refractivity contribution is -0.117. The van der Waals surface area contributed by atoms with Crippen molar-refractivity contribution in [2.75, 3.05) is 20.6 Å². The van der Waals surface area contributed by atoms with Gasteiger partial charge < -0.3 is 9.80 Å². The number of rotatable bonds is 2. The van der Waals surface area contributed by atoms with Crippen molar-refractivity contribution >= 4 is 11.8 Å². The number of hydrogen-bond donors (Lipinski definition) is 0. The van der Waals surface area contributed by atoms with E-state index < -0.39 is 0 Å². The first-order valence-electron chi connectivity index (χ1n) is 4.99. The van der Waals surface area contributed by atoms with E-state index in [1.165, 1.54) is 0 Å². The average Bonchev–Trinajstić information content (AvgIpc) is 2.49. The van der Waals surface area contributed by atoms with E-state index in [0.717, 1.165) is 19.4 Å². The second kappa shape index (κ2) is 4.44. The van der Waals surface area contributed by atoms with Crippen molar-refractivity contribution in [3.63, 3.8) is 0 Å². The van der Waals surface area contributed by atoms with Crippen molar-refractivity contribution < 1.29 is 9.59 Å². The van der Waals surface area contributed by atoms with Crippen LogP contribution in [0.5, 0.6) is 0 Å². The molecule has 1 atom stereocenters. The second-order valence-corrected chi connectivity index (χ2v) is 4.07. The summed E-state index contributed by atoms with van der Waals surface area (Å²) in [7, 11) is 3.48. The van der Waals surface area contributed by atoms with Crippen molar-refractivity contribution in [2.24, 2.45) is 0 Å². The first kappa shape index (κ1) is 11.0. The van der Waals surface area contributed by atoms with Crippen LogP contribution in [-0.2, 0) is 4.79 Å². The molecule has 0 aromatic heterocycles. The van der Waals surface area contributed by atoms with Gasteiger partial charge in [-0.2, -0.15) is 0 Å². The highest BCUT2D eigenvalue weighted by atomic mass is 16.2. The molecule has 1 saturated heterocycles. The van der Waals surface area contributed by atoms with Crippen LogP contribution in [0.25, 0.3) is 0 Å². The van der Waals surface area contributed by atoms with Gasteiger partial charge in [-0.1, -0.05) is 0 Å². The van der Waals surface area contributed by atoms with Gasteiger partial charge in [0, 0.05) is 33.1 Å². The standard InChI is InChI=1S/C10H18N2O2/c1-8(13)7-9-5-4-6-12(9)10(14)11(2)3/h9H,4-7H2,1-3H3. The fraction of sp³-hybridized carbons (Fsp3) is 0.800. The SMILES string of the molecule is CC(=O)CC1CCCN1C(=O)N(C)C. The summed E-state index contributed by atoms with van der Waals surface area (Å²) in [5, 5.41) is 0. The first-order chi connectivity index (χ1) is 6.52. The summed E-state index contributed by atoms with van der Waals surface area (Å²) in [4.78, 5) is 26.0. The highest BCUT2D eigenvalue weighted by Gasteiger charge is 2.30. The van der Waals surface area contributed by atoms with Gasteiger partial charge in [0.15, 0.2) is 0 Å². The molecule has 1 heterocycles. The number of ketones is 1. The van der Waals surface area contributed by atoms with E-state index in [-0.39, 0.29) is 17.9 Å². The first-order valence-corrected chi connectivity index (χ1v) is 4.99. The van der Waals surface area contributed by atoms with Crippen LogP contribution >= 0.6 is 0 Å². The Morgan fingerprint density at radius 3 is 2.57 bits per heavy atom. The van der Waals surface area contributed by atoms with Gasteiger partial charge in [0.1, 0.15) is 5.78 Å². The van der Waals surface area contributed by atoms with E-state index >= 15 is 0 Å². The van der Waals surface area contributed by atoms with E-state index in [1.807, 2.05) is 0 Å². The van der Waals surface area contributed by atoms with Gasteiger partial charge in [-0.05, 0) is 19.8 Å². The molecule has 1 aliphatic heterocycles. The predicted molar refractivity (Wildman–Crippen MR) is 54.1 cm³/mol. The highest BCUT2D eigenvalue weighted by Crippen LogP contribution is 2.21. The number of amides is 2. The smallest absolute Gasteiger partial charge is 0.319 e. The molecule has 0 bridgehead atoms. The third kappa shape index (κ3) is 2.47. The molecule has 0 aromatic carbocycles. The Balaban J connectivity index is 2.59. The number of urea groups is 1. The quantitative estimate of drug-likeness (QED) is 0.667. The Kier molecular flexibility index (Phi) is 3.49. The minimum Gasteiger partial charge on any atom is -0.331 e. The van der Waals surface area contributed by atoms with Crippen LogP contribution in [0.2, 0.25) is 0 Å². The van der Waals surface area contributed by atoms with Crippen LogP contribution in [0, 0.1) is 0 Å². The van der Waals surface area contributed by atoms with Crippen molar-refractivity contribution in [3.8, 4) is 0 Å². The summed E-state index contributed by atoms with van der Waals surface area (Å²) >= 11 is 0. The van der Waals surface area contributed by atoms with Gasteiger partial charge in [-0.25, -0.2) is 4.79 Å². The zero-order chi connectivity index (χ0) is 10.7. The lowest BCUT2D eigenvalue weighted by atomic mass is 10.1. The van der Waals surface area contributed by atoms with E-state index in [9.17, 15) is 9.59 Å². The fourth-order valence-electron chi connectivity index (χ4n) is 1.89. The minimum absolute atomic E-state index is 0.0220. The molecule has 0 aromatic rings. The lowest BCUT2D eigenvalue weighted by Crippen LogP contribution is -2.42. The topological polar surface area (TPSA) is 40.6 Å². The summed E-state index contributed by atoms with van der Waals surface area (Å²) in [6.45, 7) is 2.37. The molecule has 1 rings (SSSR count). The largest absolute Gasteiger partial charge is 0.331 e. The molecule has 1 aliphatic rings. The second-order valence-electron chi connectivity index (χ2n) is 4.07. The molecule has 4 heteroatoms. The summed E-state index contributed by atoms with van der Waals surface area (Å²) in [6, 6.07) is 0.149. The maximum atomic E-state index is 11.7. The Morgan fingerprint density at radius 2 is 2.07 bits per heavy atom. The molecule has 0 N–H and O–H groups in total. The normalized spacial score (nSPS) is 21.1. The van der Waals surface area contributed by atoms with Crippen molar-refractivity contribution in [2.45, 2.75) is 32.2 Å². The van der Waals surface area contributed by atoms with E-state index in [2.05, 4.69) is 0 Å². The predicted octanol–water partition coefficient (Wildman–Crippen LogP) is 1.11. The summed E-state index contributed by atoms with van der Waals surface area (Å²) in [5.41, 5.74) is 0. The van der Waals surface area contributed by atoms with E-state index in [4.69, 9.17) is 0 Å². The maximum Gasteiger partial charge on any atom is 0.319 e. The summed E-state index contributed by atoms with van der Waals surface area (Å²) < 4.78 is 0. The molecule has 1 fully saturated rings. The molecule has 4 nitrogen and oxygen atoms in total. The Bertz CT molecular complexity index is 238. The number of Topliss-reactive ketones (excluding diaryl/α,β-unsaturated/α-hetero) is 1. The number of hydrogen-bond acceptors (Lipinski definition) is 2. The third-order valence-corrected chi connectivity index (χ3v) is 2.53. The summed E-state index contributed by atoms with van der Waals surface area (Å²) in [5.74, 6) is 0.161.